The lowest BCUT2D eigenvalue weighted by Gasteiger charge is -2.26. The summed E-state index contributed by atoms with van der Waals surface area (Å²) in [5, 5.41) is 1.13. The molecule has 0 N–H and O–H groups in total. The number of pyridine rings is 1. The van der Waals surface area contributed by atoms with Crippen LogP contribution < -0.4 is 4.74 Å². The van der Waals surface area contributed by atoms with Crippen LogP contribution in [0, 0.1) is 0 Å². The Hall–Kier alpha value is -2.65. The summed E-state index contributed by atoms with van der Waals surface area (Å²) in [4.78, 5) is 6.88. The van der Waals surface area contributed by atoms with Crippen molar-refractivity contribution in [3.63, 3.8) is 0 Å². The first-order chi connectivity index (χ1) is 13.4. The molecule has 3 nitrogen and oxygen atoms in total. The van der Waals surface area contributed by atoms with Crippen molar-refractivity contribution >= 4 is 16.5 Å². The number of benzene rings is 2. The molecule has 0 bridgehead atoms. The predicted octanol–water partition coefficient (Wildman–Crippen LogP) is 5.18. The van der Waals surface area contributed by atoms with Gasteiger partial charge in [-0.2, -0.15) is 0 Å². The topological polar surface area (TPSA) is 25.4 Å². The van der Waals surface area contributed by atoms with E-state index in [0.29, 0.717) is 0 Å². The average molecular weight is 358 g/mol. The van der Waals surface area contributed by atoms with Gasteiger partial charge >= 0.3 is 0 Å². The first kappa shape index (κ1) is 17.7. The fourth-order valence-corrected chi connectivity index (χ4v) is 3.60. The maximum atomic E-state index is 5.92. The Morgan fingerprint density at radius 3 is 2.74 bits per heavy atom. The number of rotatable bonds is 7. The summed E-state index contributed by atoms with van der Waals surface area (Å²) >= 11 is 0. The molecule has 2 aromatic carbocycles. The minimum Gasteiger partial charge on any atom is -0.494 e. The first-order valence-corrected chi connectivity index (χ1v) is 9.83. The average Bonchev–Trinajstić information content (AvgIpc) is 2.74. The van der Waals surface area contributed by atoms with Gasteiger partial charge in [-0.1, -0.05) is 42.5 Å². The molecule has 3 heteroatoms. The van der Waals surface area contributed by atoms with Gasteiger partial charge < -0.3 is 4.74 Å². The summed E-state index contributed by atoms with van der Waals surface area (Å²) in [5.41, 5.74) is 3.87. The molecule has 3 aromatic rings. The van der Waals surface area contributed by atoms with E-state index in [1.165, 1.54) is 17.6 Å². The van der Waals surface area contributed by atoms with Gasteiger partial charge in [0.2, 0.25) is 0 Å². The van der Waals surface area contributed by atoms with Gasteiger partial charge in [-0.3, -0.25) is 9.88 Å². The van der Waals surface area contributed by atoms with Gasteiger partial charge in [-0.15, -0.1) is 0 Å². The lowest BCUT2D eigenvalue weighted by atomic mass is 9.99. The van der Waals surface area contributed by atoms with Crippen LogP contribution in [-0.2, 0) is 0 Å². The highest BCUT2D eigenvalue weighted by atomic mass is 16.5. The van der Waals surface area contributed by atoms with Crippen LogP contribution in [0.4, 0.5) is 0 Å². The minimum atomic E-state index is 0.769. The van der Waals surface area contributed by atoms with Crippen LogP contribution in [0.25, 0.3) is 16.5 Å². The molecule has 1 aliphatic heterocycles. The van der Waals surface area contributed by atoms with Crippen molar-refractivity contribution in [1.29, 1.82) is 0 Å². The smallest absolute Gasteiger partial charge is 0.120 e. The SMILES string of the molecule is C1=C(c2ccccc2)CCN(CCCCOc2ccc3ncccc3c2)C1. The molecule has 27 heavy (non-hydrogen) atoms. The fraction of sp³-hybridized carbons (Fsp3) is 0.292. The van der Waals surface area contributed by atoms with E-state index in [9.17, 15) is 0 Å². The molecule has 0 amide bonds. The second-order valence-electron chi connectivity index (χ2n) is 7.06. The molecule has 4 rings (SSSR count). The quantitative estimate of drug-likeness (QED) is 0.544. The summed E-state index contributed by atoms with van der Waals surface area (Å²) in [7, 11) is 0. The molecule has 0 atom stereocenters. The zero-order valence-corrected chi connectivity index (χ0v) is 15.7. The van der Waals surface area contributed by atoms with E-state index in [-0.39, 0.29) is 0 Å². The number of nitrogens with zero attached hydrogens (tertiary/aromatic N) is 2. The third kappa shape index (κ3) is 4.75. The highest BCUT2D eigenvalue weighted by Crippen LogP contribution is 2.22. The standard InChI is InChI=1S/C24H26N2O/c1-2-7-20(8-3-1)21-12-16-26(17-13-21)15-4-5-18-27-23-10-11-24-22(19-23)9-6-14-25-24/h1-3,6-12,14,19H,4-5,13,15-18H2. The summed E-state index contributed by atoms with van der Waals surface area (Å²) < 4.78 is 5.92. The van der Waals surface area contributed by atoms with Crippen molar-refractivity contribution in [2.45, 2.75) is 19.3 Å². The molecular formula is C24H26N2O. The first-order valence-electron chi connectivity index (χ1n) is 9.83. The van der Waals surface area contributed by atoms with E-state index < -0.39 is 0 Å². The van der Waals surface area contributed by atoms with E-state index >= 15 is 0 Å². The Kier molecular flexibility index (Phi) is 5.80. The maximum Gasteiger partial charge on any atom is 0.120 e. The zero-order chi connectivity index (χ0) is 18.3. The van der Waals surface area contributed by atoms with Crippen molar-refractivity contribution in [2.24, 2.45) is 0 Å². The number of ether oxygens (including phenoxy) is 1. The van der Waals surface area contributed by atoms with Gasteiger partial charge in [-0.25, -0.2) is 0 Å². The molecule has 138 valence electrons. The lowest BCUT2D eigenvalue weighted by molar-refractivity contribution is 0.265. The Labute approximate surface area is 161 Å². The maximum absolute atomic E-state index is 5.92. The lowest BCUT2D eigenvalue weighted by Crippen LogP contribution is -2.29. The third-order valence-corrected chi connectivity index (χ3v) is 5.15. The number of hydrogen-bond donors (Lipinski definition) is 0. The third-order valence-electron chi connectivity index (χ3n) is 5.15. The van der Waals surface area contributed by atoms with Crippen LogP contribution in [0.15, 0.2) is 72.9 Å². The Balaban J connectivity index is 1.18. The highest BCUT2D eigenvalue weighted by molar-refractivity contribution is 5.79. The summed E-state index contributed by atoms with van der Waals surface area (Å²) in [6.45, 7) is 4.12. The summed E-state index contributed by atoms with van der Waals surface area (Å²) in [6, 6.07) is 20.9. The zero-order valence-electron chi connectivity index (χ0n) is 15.7. The highest BCUT2D eigenvalue weighted by Gasteiger charge is 2.12. The van der Waals surface area contributed by atoms with Gasteiger partial charge in [0.15, 0.2) is 0 Å². The Bertz CT molecular complexity index is 904. The van der Waals surface area contributed by atoms with Gasteiger partial charge in [0.05, 0.1) is 12.1 Å². The van der Waals surface area contributed by atoms with Crippen molar-refractivity contribution < 1.29 is 4.74 Å². The number of aromatic nitrogens is 1. The van der Waals surface area contributed by atoms with Crippen molar-refractivity contribution in [3.05, 3.63) is 78.5 Å². The predicted molar refractivity (Wildman–Crippen MR) is 112 cm³/mol. The monoisotopic (exact) mass is 358 g/mol. The molecule has 1 aliphatic rings. The van der Waals surface area contributed by atoms with Gasteiger partial charge in [0.25, 0.3) is 0 Å². The Morgan fingerprint density at radius 1 is 0.963 bits per heavy atom. The van der Waals surface area contributed by atoms with Crippen molar-refractivity contribution in [2.75, 3.05) is 26.2 Å². The van der Waals surface area contributed by atoms with Crippen LogP contribution in [0.3, 0.4) is 0 Å². The number of hydrogen-bond acceptors (Lipinski definition) is 3. The van der Waals surface area contributed by atoms with E-state index in [4.69, 9.17) is 4.74 Å². The molecule has 1 aromatic heterocycles. The van der Waals surface area contributed by atoms with E-state index in [2.05, 4.69) is 58.4 Å². The molecule has 0 aliphatic carbocycles. The van der Waals surface area contributed by atoms with Crippen LogP contribution >= 0.6 is 0 Å². The molecule has 0 radical (unpaired) electrons. The number of fused-ring (bicyclic) bond motifs is 1. The van der Waals surface area contributed by atoms with E-state index in [1.807, 2.05) is 24.4 Å². The molecule has 0 saturated heterocycles. The number of unbranched alkanes of at least 4 members (excludes halogenated alkanes) is 1. The summed E-state index contributed by atoms with van der Waals surface area (Å²) in [6.07, 6.45) is 7.60. The normalized spacial score (nSPS) is 14.9. The van der Waals surface area contributed by atoms with Gasteiger partial charge in [-0.05, 0) is 61.2 Å². The molecule has 0 unspecified atom stereocenters. The second kappa shape index (κ2) is 8.83. The van der Waals surface area contributed by atoms with E-state index in [1.54, 1.807) is 0 Å². The Morgan fingerprint density at radius 2 is 1.89 bits per heavy atom. The van der Waals surface area contributed by atoms with Crippen molar-refractivity contribution in [3.8, 4) is 5.75 Å². The largest absolute Gasteiger partial charge is 0.494 e. The molecule has 0 spiro atoms. The van der Waals surface area contributed by atoms with Crippen LogP contribution in [0.1, 0.15) is 24.8 Å². The van der Waals surface area contributed by atoms with Crippen molar-refractivity contribution in [1.82, 2.24) is 9.88 Å². The van der Waals surface area contributed by atoms with E-state index in [0.717, 1.165) is 55.7 Å². The summed E-state index contributed by atoms with van der Waals surface area (Å²) in [5.74, 6) is 0.934. The molecule has 2 heterocycles. The molecule has 0 saturated carbocycles. The van der Waals surface area contributed by atoms with Crippen LogP contribution in [0.2, 0.25) is 0 Å². The van der Waals surface area contributed by atoms with Gasteiger partial charge in [0, 0.05) is 24.7 Å². The molecule has 0 fully saturated rings. The van der Waals surface area contributed by atoms with Crippen LogP contribution in [-0.4, -0.2) is 36.1 Å². The minimum absolute atomic E-state index is 0.769. The molecular weight excluding hydrogens is 332 g/mol. The van der Waals surface area contributed by atoms with Crippen LogP contribution in [0.5, 0.6) is 5.75 Å². The van der Waals surface area contributed by atoms with Gasteiger partial charge in [0.1, 0.15) is 5.75 Å². The fourth-order valence-electron chi connectivity index (χ4n) is 3.60. The second-order valence-corrected chi connectivity index (χ2v) is 7.06.